The van der Waals surface area contributed by atoms with Crippen LogP contribution in [0.1, 0.15) is 0 Å². The van der Waals surface area contributed by atoms with E-state index < -0.39 is 17.9 Å². The first kappa shape index (κ1) is 14.4. The van der Waals surface area contributed by atoms with E-state index in [1.807, 2.05) is 35.7 Å². The molecule has 2 heterocycles. The van der Waals surface area contributed by atoms with Gasteiger partial charge < -0.3 is 10.6 Å². The van der Waals surface area contributed by atoms with Gasteiger partial charge in [-0.2, -0.15) is 5.11 Å². The van der Waals surface area contributed by atoms with Crippen LogP contribution in [-0.2, 0) is 9.59 Å². The maximum absolute atomic E-state index is 11.6. The summed E-state index contributed by atoms with van der Waals surface area (Å²) in [4.78, 5) is 27.6. The van der Waals surface area contributed by atoms with Crippen molar-refractivity contribution in [2.45, 2.75) is 6.04 Å². The van der Waals surface area contributed by atoms with Crippen molar-refractivity contribution in [3.05, 3.63) is 35.7 Å². The molecule has 110 valence electrons. The van der Waals surface area contributed by atoms with Crippen LogP contribution in [0.5, 0.6) is 0 Å². The highest BCUT2D eigenvalue weighted by atomic mass is 32.1. The van der Waals surface area contributed by atoms with Crippen molar-refractivity contribution >= 4 is 45.6 Å². The Hall–Kier alpha value is -2.52. The zero-order chi connectivity index (χ0) is 15.5. The Morgan fingerprint density at radius 2 is 1.82 bits per heavy atom. The first-order chi connectivity index (χ1) is 10.6. The monoisotopic (exact) mass is 331 g/mol. The molecule has 0 aliphatic carbocycles. The third-order valence-corrected chi connectivity index (χ3v) is 3.72. The van der Waals surface area contributed by atoms with Crippen molar-refractivity contribution in [2.24, 2.45) is 10.2 Å². The summed E-state index contributed by atoms with van der Waals surface area (Å²) < 4.78 is 0. The molecule has 0 bridgehead atoms. The van der Waals surface area contributed by atoms with Gasteiger partial charge in [-0.05, 0) is 12.2 Å². The van der Waals surface area contributed by atoms with Crippen LogP contribution in [0.3, 0.4) is 0 Å². The molecule has 1 aliphatic rings. The highest BCUT2D eigenvalue weighted by molar-refractivity contribution is 7.80. The van der Waals surface area contributed by atoms with Crippen molar-refractivity contribution in [2.75, 3.05) is 0 Å². The number of azo groups is 1. The Bertz CT molecular complexity index is 752. The van der Waals surface area contributed by atoms with Crippen molar-refractivity contribution in [3.8, 4) is 11.3 Å². The number of amides is 2. The Labute approximate surface area is 134 Å². The fraction of sp³-hybridized carbons (Fsp3) is 0.0769. The molecule has 7 nitrogen and oxygen atoms in total. The fourth-order valence-corrected chi connectivity index (χ4v) is 2.63. The number of aromatic nitrogens is 1. The zero-order valence-corrected chi connectivity index (χ0v) is 12.6. The third-order valence-electron chi connectivity index (χ3n) is 2.79. The molecule has 3 rings (SSSR count). The van der Waals surface area contributed by atoms with Gasteiger partial charge >= 0.3 is 0 Å². The molecule has 2 amide bonds. The molecule has 9 heteroatoms. The summed E-state index contributed by atoms with van der Waals surface area (Å²) in [5.41, 5.74) is 1.72. The average Bonchev–Trinajstić information content (AvgIpc) is 2.96. The van der Waals surface area contributed by atoms with Crippen LogP contribution >= 0.6 is 23.6 Å². The number of thiocarbonyl (C=S) groups is 1. The lowest BCUT2D eigenvalue weighted by Gasteiger charge is -2.18. The number of hydrogen-bond donors (Lipinski definition) is 2. The Morgan fingerprint density at radius 1 is 1.14 bits per heavy atom. The van der Waals surface area contributed by atoms with Crippen LogP contribution in [0.4, 0.5) is 5.13 Å². The molecule has 1 aliphatic heterocycles. The molecule has 1 aromatic carbocycles. The van der Waals surface area contributed by atoms with E-state index in [9.17, 15) is 9.59 Å². The maximum Gasteiger partial charge on any atom is 0.262 e. The molecule has 1 saturated heterocycles. The summed E-state index contributed by atoms with van der Waals surface area (Å²) in [5.74, 6) is -1.20. The Balaban J connectivity index is 1.76. The number of thiazole rings is 1. The second-order valence-electron chi connectivity index (χ2n) is 4.31. The number of hydrogen-bond acceptors (Lipinski definition) is 7. The van der Waals surface area contributed by atoms with Gasteiger partial charge in [0.25, 0.3) is 11.8 Å². The number of rotatable bonds is 3. The van der Waals surface area contributed by atoms with E-state index in [4.69, 9.17) is 12.2 Å². The van der Waals surface area contributed by atoms with Gasteiger partial charge in [-0.3, -0.25) is 9.59 Å². The quantitative estimate of drug-likeness (QED) is 0.509. The van der Waals surface area contributed by atoms with Gasteiger partial charge in [0.15, 0.2) is 5.11 Å². The van der Waals surface area contributed by atoms with E-state index in [2.05, 4.69) is 25.8 Å². The summed E-state index contributed by atoms with van der Waals surface area (Å²) in [6.07, 6.45) is 0. The van der Waals surface area contributed by atoms with Gasteiger partial charge in [0, 0.05) is 10.9 Å². The minimum absolute atomic E-state index is 0.0259. The van der Waals surface area contributed by atoms with E-state index in [1.54, 1.807) is 0 Å². The van der Waals surface area contributed by atoms with Gasteiger partial charge in [-0.25, -0.2) is 4.98 Å². The number of benzene rings is 1. The highest BCUT2D eigenvalue weighted by Gasteiger charge is 2.32. The summed E-state index contributed by atoms with van der Waals surface area (Å²) in [7, 11) is 0. The van der Waals surface area contributed by atoms with Crippen LogP contribution in [0.25, 0.3) is 11.3 Å². The first-order valence-electron chi connectivity index (χ1n) is 6.21. The van der Waals surface area contributed by atoms with Gasteiger partial charge in [0.2, 0.25) is 11.2 Å². The molecule has 22 heavy (non-hydrogen) atoms. The van der Waals surface area contributed by atoms with Gasteiger partial charge in [-0.15, -0.1) is 16.5 Å². The molecule has 0 radical (unpaired) electrons. The van der Waals surface area contributed by atoms with Crippen LogP contribution in [-0.4, -0.2) is 28.0 Å². The molecule has 1 fully saturated rings. The lowest BCUT2D eigenvalue weighted by atomic mass is 10.2. The molecule has 2 aromatic rings. The lowest BCUT2D eigenvalue weighted by Crippen LogP contribution is -2.57. The fourth-order valence-electron chi connectivity index (χ4n) is 1.77. The lowest BCUT2D eigenvalue weighted by molar-refractivity contribution is -0.131. The number of carbonyl (C=O) groups is 2. The normalized spacial score (nSPS) is 15.9. The zero-order valence-electron chi connectivity index (χ0n) is 11.0. The molecule has 2 N–H and O–H groups in total. The summed E-state index contributed by atoms with van der Waals surface area (Å²) in [5, 5.41) is 14.4. The molecular weight excluding hydrogens is 322 g/mol. The first-order valence-corrected chi connectivity index (χ1v) is 7.50. The van der Waals surface area contributed by atoms with Crippen molar-refractivity contribution in [1.82, 2.24) is 15.6 Å². The van der Waals surface area contributed by atoms with E-state index in [1.165, 1.54) is 11.3 Å². The second kappa shape index (κ2) is 6.08. The molecule has 0 saturated carbocycles. The predicted octanol–water partition coefficient (Wildman–Crippen LogP) is 1.79. The van der Waals surface area contributed by atoms with Gasteiger partial charge in [0.1, 0.15) is 0 Å². The van der Waals surface area contributed by atoms with Gasteiger partial charge in [0.05, 0.1) is 5.69 Å². The van der Waals surface area contributed by atoms with Crippen molar-refractivity contribution in [3.63, 3.8) is 0 Å². The Morgan fingerprint density at radius 3 is 2.50 bits per heavy atom. The second-order valence-corrected chi connectivity index (χ2v) is 5.55. The third kappa shape index (κ3) is 3.05. The molecule has 0 unspecified atom stereocenters. The van der Waals surface area contributed by atoms with E-state index >= 15 is 0 Å². The number of carbonyl (C=O) groups excluding carboxylic acids is 2. The average molecular weight is 331 g/mol. The van der Waals surface area contributed by atoms with Crippen LogP contribution in [0.15, 0.2) is 45.9 Å². The standard InChI is InChI=1S/C13H9N5O2S2/c19-10-9(11(20)16-12(21)15-10)17-18-13-14-8(6-22-13)7-4-2-1-3-5-7/h1-6,9H,(H2,15,16,19,20,21). The maximum atomic E-state index is 11.6. The number of nitrogens with zero attached hydrogens (tertiary/aromatic N) is 3. The summed E-state index contributed by atoms with van der Waals surface area (Å²) >= 11 is 5.98. The predicted molar refractivity (Wildman–Crippen MR) is 84.7 cm³/mol. The molecular formula is C13H9N5O2S2. The molecule has 0 atom stereocenters. The largest absolute Gasteiger partial charge is 0.300 e. The van der Waals surface area contributed by atoms with Gasteiger partial charge in [-0.1, -0.05) is 30.3 Å². The SMILES string of the molecule is O=C1NC(=S)NC(=O)C1N=Nc1nc(-c2ccccc2)cs1. The highest BCUT2D eigenvalue weighted by Crippen LogP contribution is 2.26. The summed E-state index contributed by atoms with van der Waals surface area (Å²) in [6.45, 7) is 0. The van der Waals surface area contributed by atoms with Crippen molar-refractivity contribution < 1.29 is 9.59 Å². The minimum Gasteiger partial charge on any atom is -0.300 e. The smallest absolute Gasteiger partial charge is 0.262 e. The van der Waals surface area contributed by atoms with E-state index in [-0.39, 0.29) is 5.11 Å². The molecule has 1 aromatic heterocycles. The van der Waals surface area contributed by atoms with E-state index in [0.717, 1.165) is 11.3 Å². The van der Waals surface area contributed by atoms with Crippen LogP contribution in [0, 0.1) is 0 Å². The Kier molecular flexibility index (Phi) is 3.98. The minimum atomic E-state index is -1.25. The topological polar surface area (TPSA) is 95.8 Å². The van der Waals surface area contributed by atoms with Crippen molar-refractivity contribution in [1.29, 1.82) is 0 Å². The van der Waals surface area contributed by atoms with Crippen LogP contribution < -0.4 is 10.6 Å². The number of nitrogens with one attached hydrogen (secondary N) is 2. The summed E-state index contributed by atoms with van der Waals surface area (Å²) in [6, 6.07) is 8.35. The van der Waals surface area contributed by atoms with Crippen LogP contribution in [0.2, 0.25) is 0 Å². The van der Waals surface area contributed by atoms with E-state index in [0.29, 0.717) is 5.13 Å². The molecule has 0 spiro atoms.